The number of benzene rings is 2. The van der Waals surface area contributed by atoms with Gasteiger partial charge in [0.1, 0.15) is 5.71 Å². The molecule has 0 saturated carbocycles. The van der Waals surface area contributed by atoms with Crippen LogP contribution in [0.25, 0.3) is 0 Å². The number of hydrogen-bond donors (Lipinski definition) is 1. The van der Waals surface area contributed by atoms with E-state index >= 15 is 0 Å². The third-order valence-electron chi connectivity index (χ3n) is 5.51. The number of carbonyl (C=O) groups excluding carboxylic acids is 1. The summed E-state index contributed by atoms with van der Waals surface area (Å²) in [6, 6.07) is 15.2. The third kappa shape index (κ3) is 4.47. The van der Waals surface area contributed by atoms with Gasteiger partial charge in [0.25, 0.3) is 5.91 Å². The van der Waals surface area contributed by atoms with Crippen LogP contribution in [0.15, 0.2) is 53.6 Å². The molecule has 0 bridgehead atoms. The fourth-order valence-corrected chi connectivity index (χ4v) is 4.34. The van der Waals surface area contributed by atoms with Crippen LogP contribution < -0.4 is 10.4 Å². The molecule has 8 heteroatoms. The molecule has 0 aromatic heterocycles. The maximum Gasteiger partial charge on any atom is 0.281 e. The Balaban J connectivity index is 1.59. The highest BCUT2D eigenvalue weighted by Crippen LogP contribution is 2.38. The summed E-state index contributed by atoms with van der Waals surface area (Å²) < 4.78 is 5.28. The Kier molecular flexibility index (Phi) is 6.58. The molecular weight excluding hydrogens is 423 g/mol. The Bertz CT molecular complexity index is 935. The number of nitrogens with zero attached hydrogens (tertiary/aromatic N) is 3. The van der Waals surface area contributed by atoms with Gasteiger partial charge in [-0.15, -0.1) is 0 Å². The summed E-state index contributed by atoms with van der Waals surface area (Å²) in [5.41, 5.74) is 5.28. The summed E-state index contributed by atoms with van der Waals surface area (Å²) in [6.45, 7) is 1.40. The van der Waals surface area contributed by atoms with Gasteiger partial charge in [0.15, 0.2) is 0 Å². The van der Waals surface area contributed by atoms with E-state index in [-0.39, 0.29) is 18.0 Å². The number of hydrogen-bond acceptors (Lipinski definition) is 5. The topological polar surface area (TPSA) is 57.2 Å². The first kappa shape index (κ1) is 21.1. The van der Waals surface area contributed by atoms with E-state index in [1.165, 1.54) is 0 Å². The molecule has 0 aliphatic carbocycles. The zero-order chi connectivity index (χ0) is 21.1. The number of ether oxygens (including phenoxy) is 1. The van der Waals surface area contributed by atoms with E-state index in [0.29, 0.717) is 28.8 Å². The number of hydrazine groups is 1. The predicted molar refractivity (Wildman–Crippen MR) is 120 cm³/mol. The molecule has 1 saturated heterocycles. The molecule has 2 aromatic rings. The highest BCUT2D eigenvalue weighted by Gasteiger charge is 2.35. The molecule has 2 atom stereocenters. The molecule has 1 fully saturated rings. The Hall–Kier alpha value is -2.12. The quantitative estimate of drug-likeness (QED) is 0.712. The van der Waals surface area contributed by atoms with Crippen LogP contribution in [0.1, 0.15) is 30.9 Å². The van der Waals surface area contributed by atoms with Gasteiger partial charge in [-0.1, -0.05) is 47.5 Å². The third-order valence-corrected chi connectivity index (χ3v) is 6.08. The van der Waals surface area contributed by atoms with Crippen molar-refractivity contribution in [2.24, 2.45) is 5.10 Å². The summed E-state index contributed by atoms with van der Waals surface area (Å²) in [7, 11) is 1.68. The lowest BCUT2D eigenvalue weighted by atomic mass is 10.0. The van der Waals surface area contributed by atoms with Crippen molar-refractivity contribution >= 4 is 40.5 Å². The first-order chi connectivity index (χ1) is 14.6. The molecule has 158 valence electrons. The highest BCUT2D eigenvalue weighted by molar-refractivity contribution is 6.40. The van der Waals surface area contributed by atoms with Gasteiger partial charge in [-0.25, -0.2) is 5.01 Å². The van der Waals surface area contributed by atoms with E-state index in [4.69, 9.17) is 27.9 Å². The zero-order valence-electron chi connectivity index (χ0n) is 16.7. The normalized spacial score (nSPS) is 21.7. The van der Waals surface area contributed by atoms with Crippen LogP contribution in [0.2, 0.25) is 10.0 Å². The average Bonchev–Trinajstić information content (AvgIpc) is 3.37. The molecule has 2 aliphatic rings. The molecule has 1 unspecified atom stereocenters. The lowest BCUT2D eigenvalue weighted by Crippen LogP contribution is -2.48. The second-order valence-corrected chi connectivity index (χ2v) is 8.34. The number of rotatable bonds is 6. The van der Waals surface area contributed by atoms with Gasteiger partial charge in [0.05, 0.1) is 29.4 Å². The van der Waals surface area contributed by atoms with Gasteiger partial charge in [-0.3, -0.25) is 15.2 Å². The first-order valence-electron chi connectivity index (χ1n) is 10.00. The Morgan fingerprint density at radius 1 is 1.20 bits per heavy atom. The van der Waals surface area contributed by atoms with Crippen molar-refractivity contribution in [2.75, 3.05) is 25.3 Å². The Labute approximate surface area is 186 Å². The largest absolute Gasteiger partial charge is 0.383 e. The van der Waals surface area contributed by atoms with Crippen molar-refractivity contribution in [3.05, 3.63) is 64.1 Å². The Morgan fingerprint density at radius 3 is 2.70 bits per heavy atom. The minimum Gasteiger partial charge on any atom is -0.383 e. The van der Waals surface area contributed by atoms with Gasteiger partial charge in [-0.2, -0.15) is 5.10 Å². The summed E-state index contributed by atoms with van der Waals surface area (Å²) in [6.07, 6.45) is 2.50. The van der Waals surface area contributed by atoms with Crippen molar-refractivity contribution in [3.63, 3.8) is 0 Å². The van der Waals surface area contributed by atoms with Crippen molar-refractivity contribution < 1.29 is 9.53 Å². The summed E-state index contributed by atoms with van der Waals surface area (Å²) in [4.78, 5) is 13.0. The van der Waals surface area contributed by atoms with Crippen molar-refractivity contribution in [2.45, 2.75) is 31.3 Å². The molecule has 0 radical (unpaired) electrons. The van der Waals surface area contributed by atoms with Gasteiger partial charge < -0.3 is 4.74 Å². The second kappa shape index (κ2) is 9.35. The number of para-hydroxylation sites is 1. The van der Waals surface area contributed by atoms with Crippen LogP contribution in [0.5, 0.6) is 0 Å². The first-order valence-corrected chi connectivity index (χ1v) is 10.8. The highest BCUT2D eigenvalue weighted by atomic mass is 35.5. The van der Waals surface area contributed by atoms with E-state index in [9.17, 15) is 4.79 Å². The lowest BCUT2D eigenvalue weighted by Gasteiger charge is -2.24. The molecule has 6 nitrogen and oxygen atoms in total. The molecule has 4 rings (SSSR count). The van der Waals surface area contributed by atoms with Crippen LogP contribution in [0, 0.1) is 0 Å². The van der Waals surface area contributed by atoms with E-state index < -0.39 is 0 Å². The molecule has 30 heavy (non-hydrogen) atoms. The van der Waals surface area contributed by atoms with Crippen molar-refractivity contribution in [1.29, 1.82) is 0 Å². The number of anilines is 1. The number of amides is 1. The van der Waals surface area contributed by atoms with Gasteiger partial charge in [0.2, 0.25) is 0 Å². The van der Waals surface area contributed by atoms with Gasteiger partial charge >= 0.3 is 0 Å². The van der Waals surface area contributed by atoms with E-state index in [2.05, 4.69) is 10.5 Å². The maximum atomic E-state index is 13.0. The Morgan fingerprint density at radius 2 is 1.97 bits per heavy atom. The summed E-state index contributed by atoms with van der Waals surface area (Å²) >= 11 is 12.5. The fourth-order valence-electron chi connectivity index (χ4n) is 4.00. The minimum atomic E-state index is -0.188. The molecule has 2 aliphatic heterocycles. The molecule has 1 N–H and O–H groups in total. The van der Waals surface area contributed by atoms with Crippen LogP contribution in [0.3, 0.4) is 0 Å². The van der Waals surface area contributed by atoms with Crippen LogP contribution in [0.4, 0.5) is 5.69 Å². The maximum absolute atomic E-state index is 13.0. The van der Waals surface area contributed by atoms with Crippen LogP contribution in [-0.2, 0) is 9.53 Å². The number of nitrogens with one attached hydrogen (secondary N) is 1. The zero-order valence-corrected chi connectivity index (χ0v) is 18.2. The number of methoxy groups -OCH3 is 1. The van der Waals surface area contributed by atoms with Crippen LogP contribution in [-0.4, -0.2) is 42.9 Å². The SMILES string of the molecule is COC[C@H]1CCCN1NC(=O)C1=NN(c2ccccc2Cl)C(c2ccc(Cl)cc2)C1. The fraction of sp³-hybridized carbons (Fsp3) is 0.364. The van der Waals surface area contributed by atoms with E-state index in [0.717, 1.165) is 30.6 Å². The number of carbonyl (C=O) groups is 1. The number of halogens is 2. The molecule has 1 amide bonds. The number of hydrazone groups is 1. The monoisotopic (exact) mass is 446 g/mol. The molecule has 2 heterocycles. The van der Waals surface area contributed by atoms with E-state index in [1.807, 2.05) is 58.5 Å². The smallest absolute Gasteiger partial charge is 0.281 e. The summed E-state index contributed by atoms with van der Waals surface area (Å²) in [5, 5.41) is 9.72. The van der Waals surface area contributed by atoms with Gasteiger partial charge in [0, 0.05) is 25.1 Å². The molecule has 2 aromatic carbocycles. The van der Waals surface area contributed by atoms with Crippen molar-refractivity contribution in [3.8, 4) is 0 Å². The second-order valence-electron chi connectivity index (χ2n) is 7.50. The lowest BCUT2D eigenvalue weighted by molar-refractivity contribution is -0.120. The molecular formula is C22H24Cl2N4O2. The average molecular weight is 447 g/mol. The van der Waals surface area contributed by atoms with Gasteiger partial charge in [-0.05, 0) is 42.7 Å². The van der Waals surface area contributed by atoms with Crippen LogP contribution >= 0.6 is 23.2 Å². The standard InChI is InChI=1S/C22H24Cl2N4O2/c1-30-14-17-5-4-12-27(17)26-22(29)19-13-21(15-8-10-16(23)11-9-15)28(25-19)20-7-3-2-6-18(20)24/h2-3,6-11,17,21H,4-5,12-14H2,1H3,(H,26,29)/t17-,21?/m1/s1. The summed E-state index contributed by atoms with van der Waals surface area (Å²) in [5.74, 6) is -0.188. The predicted octanol–water partition coefficient (Wildman–Crippen LogP) is 4.44. The van der Waals surface area contributed by atoms with Crippen molar-refractivity contribution in [1.82, 2.24) is 10.4 Å². The minimum absolute atomic E-state index is 0.142. The molecule has 0 spiro atoms. The van der Waals surface area contributed by atoms with E-state index in [1.54, 1.807) is 7.11 Å².